The van der Waals surface area contributed by atoms with Gasteiger partial charge in [0.1, 0.15) is 0 Å². The van der Waals surface area contributed by atoms with Crippen LogP contribution in [-0.4, -0.2) is 39.8 Å². The SMILES string of the molecule is CC(C)(C)N(C(=O)O)N1CCCC1. The van der Waals surface area contributed by atoms with Crippen LogP contribution in [0.25, 0.3) is 0 Å². The fraction of sp³-hybridized carbons (Fsp3) is 0.889. The van der Waals surface area contributed by atoms with Gasteiger partial charge < -0.3 is 5.11 Å². The molecule has 1 rings (SSSR count). The topological polar surface area (TPSA) is 43.8 Å². The van der Waals surface area contributed by atoms with Crippen LogP contribution >= 0.6 is 0 Å². The zero-order valence-electron chi connectivity index (χ0n) is 8.58. The molecule has 76 valence electrons. The highest BCUT2D eigenvalue weighted by Crippen LogP contribution is 2.20. The fourth-order valence-corrected chi connectivity index (χ4v) is 1.73. The van der Waals surface area contributed by atoms with E-state index in [1.165, 1.54) is 5.01 Å². The number of hydrogen-bond acceptors (Lipinski definition) is 2. The van der Waals surface area contributed by atoms with Crippen LogP contribution in [0.4, 0.5) is 4.79 Å². The first kappa shape index (κ1) is 10.3. The van der Waals surface area contributed by atoms with Gasteiger partial charge in [0, 0.05) is 13.1 Å². The van der Waals surface area contributed by atoms with Crippen molar-refractivity contribution in [1.82, 2.24) is 10.0 Å². The molecule has 1 aliphatic heterocycles. The smallest absolute Gasteiger partial charge is 0.422 e. The molecule has 0 aromatic rings. The number of carboxylic acid groups (broad SMARTS) is 1. The zero-order chi connectivity index (χ0) is 10.1. The molecule has 0 radical (unpaired) electrons. The van der Waals surface area contributed by atoms with Gasteiger partial charge in [-0.1, -0.05) is 0 Å². The molecule has 1 saturated heterocycles. The summed E-state index contributed by atoms with van der Waals surface area (Å²) in [4.78, 5) is 11.0. The summed E-state index contributed by atoms with van der Waals surface area (Å²) in [5, 5.41) is 12.4. The Hall–Kier alpha value is -0.770. The molecule has 1 amide bonds. The monoisotopic (exact) mass is 186 g/mol. The molecular formula is C9H18N2O2. The van der Waals surface area contributed by atoms with Crippen LogP contribution in [0.1, 0.15) is 33.6 Å². The van der Waals surface area contributed by atoms with E-state index in [9.17, 15) is 4.79 Å². The lowest BCUT2D eigenvalue weighted by atomic mass is 10.1. The third kappa shape index (κ3) is 2.34. The van der Waals surface area contributed by atoms with Crippen molar-refractivity contribution < 1.29 is 9.90 Å². The number of hydrazine groups is 1. The first-order valence-electron chi connectivity index (χ1n) is 4.71. The molecule has 1 fully saturated rings. The number of rotatable bonds is 1. The summed E-state index contributed by atoms with van der Waals surface area (Å²) in [6.45, 7) is 7.48. The van der Waals surface area contributed by atoms with Gasteiger partial charge in [0.05, 0.1) is 5.54 Å². The largest absolute Gasteiger partial charge is 0.464 e. The predicted octanol–water partition coefficient (Wildman–Crippen LogP) is 1.78. The van der Waals surface area contributed by atoms with Crippen molar-refractivity contribution in [3.05, 3.63) is 0 Å². The summed E-state index contributed by atoms with van der Waals surface area (Å²) < 4.78 is 0. The molecule has 0 aromatic carbocycles. The molecule has 1 aliphatic rings. The quantitative estimate of drug-likeness (QED) is 0.678. The Morgan fingerprint density at radius 2 is 1.77 bits per heavy atom. The summed E-state index contributed by atoms with van der Waals surface area (Å²) in [5.41, 5.74) is -0.337. The molecule has 0 saturated carbocycles. The van der Waals surface area contributed by atoms with E-state index in [1.54, 1.807) is 0 Å². The van der Waals surface area contributed by atoms with E-state index in [0.29, 0.717) is 0 Å². The highest BCUT2D eigenvalue weighted by molar-refractivity contribution is 5.65. The van der Waals surface area contributed by atoms with Crippen molar-refractivity contribution in [3.8, 4) is 0 Å². The van der Waals surface area contributed by atoms with Crippen LogP contribution in [0.5, 0.6) is 0 Å². The second-order valence-corrected chi connectivity index (χ2v) is 4.43. The van der Waals surface area contributed by atoms with Crippen LogP contribution in [0.3, 0.4) is 0 Å². The predicted molar refractivity (Wildman–Crippen MR) is 50.4 cm³/mol. The first-order chi connectivity index (χ1) is 5.93. The molecule has 4 heteroatoms. The lowest BCUT2D eigenvalue weighted by Crippen LogP contribution is -2.54. The lowest BCUT2D eigenvalue weighted by Gasteiger charge is -2.39. The van der Waals surface area contributed by atoms with Crippen molar-refractivity contribution in [3.63, 3.8) is 0 Å². The van der Waals surface area contributed by atoms with Gasteiger partial charge in [0.25, 0.3) is 0 Å². The van der Waals surface area contributed by atoms with Crippen LogP contribution in [0.15, 0.2) is 0 Å². The van der Waals surface area contributed by atoms with Crippen molar-refractivity contribution in [2.45, 2.75) is 39.2 Å². The van der Waals surface area contributed by atoms with E-state index in [4.69, 9.17) is 5.11 Å². The van der Waals surface area contributed by atoms with Crippen molar-refractivity contribution in [1.29, 1.82) is 0 Å². The van der Waals surface area contributed by atoms with E-state index < -0.39 is 6.09 Å². The number of carbonyl (C=O) groups is 1. The van der Waals surface area contributed by atoms with Crippen molar-refractivity contribution >= 4 is 6.09 Å². The van der Waals surface area contributed by atoms with Gasteiger partial charge in [-0.05, 0) is 33.6 Å². The second kappa shape index (κ2) is 3.54. The summed E-state index contributed by atoms with van der Waals surface area (Å²) in [6.07, 6.45) is 1.34. The summed E-state index contributed by atoms with van der Waals surface area (Å²) in [7, 11) is 0. The summed E-state index contributed by atoms with van der Waals surface area (Å²) in [6, 6.07) is 0. The van der Waals surface area contributed by atoms with E-state index >= 15 is 0 Å². The Morgan fingerprint density at radius 3 is 2.08 bits per heavy atom. The summed E-state index contributed by atoms with van der Waals surface area (Å²) >= 11 is 0. The minimum Gasteiger partial charge on any atom is -0.464 e. The minimum atomic E-state index is -0.852. The molecule has 0 atom stereocenters. The highest BCUT2D eigenvalue weighted by atomic mass is 16.4. The van der Waals surface area contributed by atoms with Crippen molar-refractivity contribution in [2.75, 3.05) is 13.1 Å². The minimum absolute atomic E-state index is 0.337. The van der Waals surface area contributed by atoms with Gasteiger partial charge >= 0.3 is 6.09 Å². The summed E-state index contributed by atoms with van der Waals surface area (Å²) in [5.74, 6) is 0. The number of hydrogen-bond donors (Lipinski definition) is 1. The average molecular weight is 186 g/mol. The molecule has 0 aliphatic carbocycles. The third-order valence-electron chi connectivity index (χ3n) is 2.18. The fourth-order valence-electron chi connectivity index (χ4n) is 1.73. The van der Waals surface area contributed by atoms with Gasteiger partial charge in [-0.3, -0.25) is 0 Å². The maximum atomic E-state index is 11.0. The Balaban J connectivity index is 2.72. The van der Waals surface area contributed by atoms with Crippen LogP contribution < -0.4 is 0 Å². The van der Waals surface area contributed by atoms with Crippen LogP contribution in [-0.2, 0) is 0 Å². The van der Waals surface area contributed by atoms with Gasteiger partial charge in [0.15, 0.2) is 0 Å². The van der Waals surface area contributed by atoms with E-state index in [0.717, 1.165) is 25.9 Å². The van der Waals surface area contributed by atoms with Gasteiger partial charge in [-0.2, -0.15) is 0 Å². The number of amides is 1. The van der Waals surface area contributed by atoms with Crippen LogP contribution in [0, 0.1) is 0 Å². The van der Waals surface area contributed by atoms with E-state index in [2.05, 4.69) is 0 Å². The maximum absolute atomic E-state index is 11.0. The van der Waals surface area contributed by atoms with Crippen LogP contribution in [0.2, 0.25) is 0 Å². The first-order valence-corrected chi connectivity index (χ1v) is 4.71. The standard InChI is InChI=1S/C9H18N2O2/c1-9(2,3)11(8(12)13)10-6-4-5-7-10/h4-7H2,1-3H3,(H,12,13). The zero-order valence-corrected chi connectivity index (χ0v) is 8.58. The molecular weight excluding hydrogens is 168 g/mol. The molecule has 0 spiro atoms. The van der Waals surface area contributed by atoms with Gasteiger partial charge in [-0.25, -0.2) is 14.8 Å². The Labute approximate surface area is 79.1 Å². The molecule has 1 heterocycles. The van der Waals surface area contributed by atoms with Gasteiger partial charge in [-0.15, -0.1) is 0 Å². The molecule has 0 unspecified atom stereocenters. The van der Waals surface area contributed by atoms with E-state index in [-0.39, 0.29) is 5.54 Å². The van der Waals surface area contributed by atoms with Crippen molar-refractivity contribution in [2.24, 2.45) is 0 Å². The normalized spacial score (nSPS) is 19.0. The average Bonchev–Trinajstić information content (AvgIpc) is 2.34. The Bertz CT molecular complexity index is 192. The number of nitrogens with zero attached hydrogens (tertiary/aromatic N) is 2. The lowest BCUT2D eigenvalue weighted by molar-refractivity contribution is -0.0504. The third-order valence-corrected chi connectivity index (χ3v) is 2.18. The molecule has 13 heavy (non-hydrogen) atoms. The second-order valence-electron chi connectivity index (χ2n) is 4.43. The van der Waals surface area contributed by atoms with Gasteiger partial charge in [0.2, 0.25) is 0 Å². The molecule has 0 bridgehead atoms. The molecule has 1 N–H and O–H groups in total. The Morgan fingerprint density at radius 1 is 1.31 bits per heavy atom. The molecule has 4 nitrogen and oxygen atoms in total. The highest BCUT2D eigenvalue weighted by Gasteiger charge is 2.33. The maximum Gasteiger partial charge on any atom is 0.422 e. The van der Waals surface area contributed by atoms with E-state index in [1.807, 2.05) is 25.8 Å². The molecule has 0 aromatic heterocycles. The Kier molecular flexibility index (Phi) is 2.81.